The molecule has 7 nitrogen and oxygen atoms in total. The Bertz CT molecular complexity index is 747. The molecule has 0 aromatic heterocycles. The molecule has 2 saturated heterocycles. The maximum Gasteiger partial charge on any atom is 0.314 e. The number of halogens is 1. The second kappa shape index (κ2) is 10.4. The Hall–Kier alpha value is -2.64. The van der Waals surface area contributed by atoms with Crippen molar-refractivity contribution in [3.05, 3.63) is 35.6 Å². The molecule has 1 aromatic rings. The number of carbonyl (C=O) groups is 3. The average Bonchev–Trinajstić information content (AvgIpc) is 2.77. The van der Waals surface area contributed by atoms with Crippen molar-refractivity contribution in [1.82, 2.24) is 15.1 Å². The molecule has 1 aromatic carbocycles. The van der Waals surface area contributed by atoms with Crippen LogP contribution in [0.3, 0.4) is 0 Å². The topological polar surface area (TPSA) is 95.7 Å². The van der Waals surface area contributed by atoms with Crippen LogP contribution >= 0.6 is 0 Å². The summed E-state index contributed by atoms with van der Waals surface area (Å²) in [6.45, 7) is 2.85. The number of benzene rings is 1. The number of rotatable bonds is 6. The number of nitrogens with two attached hydrogens (primary N) is 1. The van der Waals surface area contributed by atoms with E-state index in [0.717, 1.165) is 37.7 Å². The zero-order chi connectivity index (χ0) is 21.5. The minimum Gasteiger partial charge on any atom is -0.352 e. The summed E-state index contributed by atoms with van der Waals surface area (Å²) in [5, 5.41) is 2.87. The Balaban J connectivity index is 1.35. The maximum absolute atomic E-state index is 12.9. The standard InChI is InChI=1S/C22H31FN4O3/c23-19-6-3-17(4-7-19)14-25-20(28)8-5-16-9-12-26(13-10-16)21(29)18-2-1-11-27(15-18)22(24)30/h3-4,6-7,16,18H,1-2,5,8-15H2,(H2,24,30)(H,25,28). The Kier molecular flexibility index (Phi) is 7.65. The molecule has 1 atom stereocenters. The van der Waals surface area contributed by atoms with Crippen molar-refractivity contribution in [2.75, 3.05) is 26.2 Å². The smallest absolute Gasteiger partial charge is 0.314 e. The second-order valence-electron chi connectivity index (χ2n) is 8.33. The van der Waals surface area contributed by atoms with Gasteiger partial charge in [0.1, 0.15) is 5.82 Å². The number of urea groups is 1. The van der Waals surface area contributed by atoms with Gasteiger partial charge in [-0.1, -0.05) is 12.1 Å². The third-order valence-electron chi connectivity index (χ3n) is 6.19. The van der Waals surface area contributed by atoms with Crippen molar-refractivity contribution in [2.24, 2.45) is 17.6 Å². The third kappa shape index (κ3) is 6.18. The first-order chi connectivity index (χ1) is 14.4. The van der Waals surface area contributed by atoms with Gasteiger partial charge in [0.2, 0.25) is 11.8 Å². The van der Waals surface area contributed by atoms with Gasteiger partial charge in [0.15, 0.2) is 0 Å². The minimum atomic E-state index is -0.455. The molecule has 3 N–H and O–H groups in total. The number of nitrogens with one attached hydrogen (secondary N) is 1. The third-order valence-corrected chi connectivity index (χ3v) is 6.19. The van der Waals surface area contributed by atoms with E-state index >= 15 is 0 Å². The molecule has 2 aliphatic heterocycles. The summed E-state index contributed by atoms with van der Waals surface area (Å²) in [6, 6.07) is 5.64. The van der Waals surface area contributed by atoms with Gasteiger partial charge < -0.3 is 20.9 Å². The van der Waals surface area contributed by atoms with Crippen LogP contribution in [0.2, 0.25) is 0 Å². The van der Waals surface area contributed by atoms with E-state index < -0.39 is 6.03 Å². The van der Waals surface area contributed by atoms with Crippen LogP contribution in [-0.2, 0) is 16.1 Å². The van der Waals surface area contributed by atoms with Crippen LogP contribution in [0, 0.1) is 17.7 Å². The molecular formula is C22H31FN4O3. The summed E-state index contributed by atoms with van der Waals surface area (Å²) in [5.74, 6) is 0.103. The van der Waals surface area contributed by atoms with Crippen molar-refractivity contribution in [1.29, 1.82) is 0 Å². The molecule has 0 spiro atoms. The number of primary amides is 1. The molecule has 2 fully saturated rings. The number of hydrogen-bond donors (Lipinski definition) is 2. The van der Waals surface area contributed by atoms with Gasteiger partial charge >= 0.3 is 6.03 Å². The minimum absolute atomic E-state index is 0.00780. The highest BCUT2D eigenvalue weighted by Gasteiger charge is 2.32. The molecule has 3 rings (SSSR count). The van der Waals surface area contributed by atoms with Gasteiger partial charge in [-0.3, -0.25) is 9.59 Å². The lowest BCUT2D eigenvalue weighted by atomic mass is 9.90. The highest BCUT2D eigenvalue weighted by atomic mass is 19.1. The monoisotopic (exact) mass is 418 g/mol. The summed E-state index contributed by atoms with van der Waals surface area (Å²) in [5.41, 5.74) is 6.23. The number of piperidine rings is 2. The van der Waals surface area contributed by atoms with Crippen LogP contribution in [0.15, 0.2) is 24.3 Å². The van der Waals surface area contributed by atoms with E-state index in [4.69, 9.17) is 5.73 Å². The molecule has 8 heteroatoms. The van der Waals surface area contributed by atoms with Crippen molar-refractivity contribution < 1.29 is 18.8 Å². The fraction of sp³-hybridized carbons (Fsp3) is 0.591. The molecule has 30 heavy (non-hydrogen) atoms. The number of hydrogen-bond acceptors (Lipinski definition) is 3. The van der Waals surface area contributed by atoms with Crippen molar-refractivity contribution in [2.45, 2.75) is 45.1 Å². The lowest BCUT2D eigenvalue weighted by Crippen LogP contribution is -2.49. The fourth-order valence-electron chi connectivity index (χ4n) is 4.31. The van der Waals surface area contributed by atoms with Crippen molar-refractivity contribution in [3.8, 4) is 0 Å². The number of amides is 4. The van der Waals surface area contributed by atoms with Gasteiger partial charge in [0, 0.05) is 39.1 Å². The predicted octanol–water partition coefficient (Wildman–Crippen LogP) is 2.25. The first-order valence-corrected chi connectivity index (χ1v) is 10.8. The predicted molar refractivity (Wildman–Crippen MR) is 111 cm³/mol. The molecule has 2 heterocycles. The van der Waals surface area contributed by atoms with Crippen LogP contribution < -0.4 is 11.1 Å². The average molecular weight is 419 g/mol. The SMILES string of the molecule is NC(=O)N1CCCC(C(=O)N2CCC(CCC(=O)NCc3ccc(F)cc3)CC2)C1. The summed E-state index contributed by atoms with van der Waals surface area (Å²) in [7, 11) is 0. The first-order valence-electron chi connectivity index (χ1n) is 10.8. The molecule has 4 amide bonds. The van der Waals surface area contributed by atoms with Crippen LogP contribution in [0.1, 0.15) is 44.1 Å². The van der Waals surface area contributed by atoms with Crippen LogP contribution in [0.5, 0.6) is 0 Å². The Morgan fingerprint density at radius 3 is 2.40 bits per heavy atom. The van der Waals surface area contributed by atoms with Gasteiger partial charge in [-0.15, -0.1) is 0 Å². The van der Waals surface area contributed by atoms with Crippen LogP contribution in [-0.4, -0.2) is 53.8 Å². The molecule has 2 aliphatic rings. The van der Waals surface area contributed by atoms with E-state index in [1.54, 1.807) is 17.0 Å². The molecule has 1 unspecified atom stereocenters. The van der Waals surface area contributed by atoms with Gasteiger partial charge in [-0.2, -0.15) is 0 Å². The van der Waals surface area contributed by atoms with E-state index in [-0.39, 0.29) is 23.5 Å². The van der Waals surface area contributed by atoms with Crippen LogP contribution in [0.4, 0.5) is 9.18 Å². The van der Waals surface area contributed by atoms with E-state index in [1.807, 2.05) is 4.90 Å². The van der Waals surface area contributed by atoms with Crippen LogP contribution in [0.25, 0.3) is 0 Å². The molecular weight excluding hydrogens is 387 g/mol. The van der Waals surface area contributed by atoms with E-state index in [9.17, 15) is 18.8 Å². The zero-order valence-corrected chi connectivity index (χ0v) is 17.3. The Labute approximate surface area is 176 Å². The Morgan fingerprint density at radius 1 is 1.03 bits per heavy atom. The molecule has 0 bridgehead atoms. The number of nitrogens with zero attached hydrogens (tertiary/aromatic N) is 2. The van der Waals surface area contributed by atoms with Gasteiger partial charge in [-0.25, -0.2) is 9.18 Å². The molecule has 0 radical (unpaired) electrons. The largest absolute Gasteiger partial charge is 0.352 e. The highest BCUT2D eigenvalue weighted by molar-refractivity contribution is 5.80. The van der Waals surface area contributed by atoms with E-state index in [1.165, 1.54) is 12.1 Å². The summed E-state index contributed by atoms with van der Waals surface area (Å²) in [6.07, 6.45) is 4.65. The van der Waals surface area contributed by atoms with Gasteiger partial charge in [-0.05, 0) is 55.7 Å². The highest BCUT2D eigenvalue weighted by Crippen LogP contribution is 2.25. The summed E-state index contributed by atoms with van der Waals surface area (Å²) < 4.78 is 12.9. The normalized spacial score (nSPS) is 20.1. The van der Waals surface area contributed by atoms with Gasteiger partial charge in [0.25, 0.3) is 0 Å². The summed E-state index contributed by atoms with van der Waals surface area (Å²) in [4.78, 5) is 39.7. The summed E-state index contributed by atoms with van der Waals surface area (Å²) >= 11 is 0. The van der Waals surface area contributed by atoms with Crippen molar-refractivity contribution >= 4 is 17.8 Å². The Morgan fingerprint density at radius 2 is 1.73 bits per heavy atom. The zero-order valence-electron chi connectivity index (χ0n) is 17.3. The first kappa shape index (κ1) is 22.1. The van der Waals surface area contributed by atoms with Gasteiger partial charge in [0.05, 0.1) is 5.92 Å². The maximum atomic E-state index is 12.9. The quantitative estimate of drug-likeness (QED) is 0.742. The number of likely N-dealkylation sites (tertiary alicyclic amines) is 2. The van der Waals surface area contributed by atoms with E-state index in [2.05, 4.69) is 5.32 Å². The second-order valence-corrected chi connectivity index (χ2v) is 8.33. The molecule has 164 valence electrons. The van der Waals surface area contributed by atoms with Crippen molar-refractivity contribution in [3.63, 3.8) is 0 Å². The molecule has 0 aliphatic carbocycles. The lowest BCUT2D eigenvalue weighted by Gasteiger charge is -2.37. The van der Waals surface area contributed by atoms with E-state index in [0.29, 0.717) is 45.1 Å². The fourth-order valence-corrected chi connectivity index (χ4v) is 4.31. The molecule has 0 saturated carbocycles. The lowest BCUT2D eigenvalue weighted by molar-refractivity contribution is -0.138. The number of carbonyl (C=O) groups excluding carboxylic acids is 3.